The molecule has 0 saturated heterocycles. The molecule has 0 atom stereocenters. The summed E-state index contributed by atoms with van der Waals surface area (Å²) < 4.78 is 7.79. The van der Waals surface area contributed by atoms with Crippen LogP contribution in [-0.4, -0.2) is 21.4 Å². The summed E-state index contributed by atoms with van der Waals surface area (Å²) in [6.07, 6.45) is 12.6. The lowest BCUT2D eigenvalue weighted by Gasteiger charge is -2.24. The van der Waals surface area contributed by atoms with Gasteiger partial charge in [-0.15, -0.1) is 0 Å². The second-order valence-electron chi connectivity index (χ2n) is 9.15. The molecule has 2 aliphatic carbocycles. The molecule has 1 N–H and O–H groups in total. The zero-order valence-electron chi connectivity index (χ0n) is 18.3. The number of esters is 1. The monoisotopic (exact) mass is 417 g/mol. The van der Waals surface area contributed by atoms with Crippen LogP contribution in [0.5, 0.6) is 5.75 Å². The summed E-state index contributed by atoms with van der Waals surface area (Å²) in [6.45, 7) is 2.09. The van der Waals surface area contributed by atoms with Gasteiger partial charge in [-0.25, -0.2) is 4.98 Å². The third-order valence-electron chi connectivity index (χ3n) is 6.76. The number of pyridine rings is 1. The highest BCUT2D eigenvalue weighted by molar-refractivity contribution is 5.78. The number of carbonyl (C=O) groups excluding carboxylic acids is 1. The Kier molecular flexibility index (Phi) is 5.66. The molecule has 2 fully saturated rings. The largest absolute Gasteiger partial charge is 0.426 e. The van der Waals surface area contributed by atoms with Crippen molar-refractivity contribution >= 4 is 17.4 Å². The van der Waals surface area contributed by atoms with Crippen molar-refractivity contribution in [3.63, 3.8) is 0 Å². The molecular weight excluding hydrogens is 386 g/mol. The van der Waals surface area contributed by atoms with Crippen LogP contribution in [0.25, 0.3) is 16.9 Å². The van der Waals surface area contributed by atoms with E-state index in [1.807, 2.05) is 24.3 Å². The van der Waals surface area contributed by atoms with Crippen LogP contribution in [0.3, 0.4) is 0 Å². The second kappa shape index (κ2) is 8.74. The van der Waals surface area contributed by atoms with Crippen molar-refractivity contribution in [2.75, 3.05) is 5.32 Å². The number of rotatable bonds is 5. The average Bonchev–Trinajstić information content (AvgIpc) is 3.44. The Morgan fingerprint density at radius 3 is 2.45 bits per heavy atom. The quantitative estimate of drug-likeness (QED) is 0.400. The Balaban J connectivity index is 1.42. The number of carbonyl (C=O) groups is 1. The van der Waals surface area contributed by atoms with Crippen molar-refractivity contribution in [1.82, 2.24) is 9.38 Å². The smallest absolute Gasteiger partial charge is 0.314 e. The Hall–Kier alpha value is -2.82. The van der Waals surface area contributed by atoms with Gasteiger partial charge in [0.25, 0.3) is 0 Å². The number of aryl methyl sites for hydroxylation is 1. The molecule has 0 radical (unpaired) electrons. The predicted octanol–water partition coefficient (Wildman–Crippen LogP) is 6.15. The molecule has 2 aromatic heterocycles. The average molecular weight is 418 g/mol. The number of nitrogens with zero attached hydrogens (tertiary/aromatic N) is 2. The fourth-order valence-corrected chi connectivity index (χ4v) is 4.97. The SMILES string of the molecule is Cc1ccn2c(NC3CCCCC3)c(-c3ccc(OC(=O)C4CCCC4)cc3)nc2c1. The number of anilines is 1. The van der Waals surface area contributed by atoms with E-state index in [0.717, 1.165) is 48.4 Å². The maximum Gasteiger partial charge on any atom is 0.314 e. The van der Waals surface area contributed by atoms with Crippen LogP contribution >= 0.6 is 0 Å². The van der Waals surface area contributed by atoms with Gasteiger partial charge in [-0.2, -0.15) is 0 Å². The normalized spacial score (nSPS) is 17.8. The number of hydrogen-bond acceptors (Lipinski definition) is 4. The number of hydrogen-bond donors (Lipinski definition) is 1. The highest BCUT2D eigenvalue weighted by atomic mass is 16.5. The van der Waals surface area contributed by atoms with Crippen LogP contribution in [0.15, 0.2) is 42.6 Å². The first kappa shape index (κ1) is 20.1. The van der Waals surface area contributed by atoms with Crippen LogP contribution in [0.2, 0.25) is 0 Å². The van der Waals surface area contributed by atoms with E-state index in [4.69, 9.17) is 9.72 Å². The summed E-state index contributed by atoms with van der Waals surface area (Å²) in [5.74, 6) is 1.64. The summed E-state index contributed by atoms with van der Waals surface area (Å²) >= 11 is 0. The van der Waals surface area contributed by atoms with Gasteiger partial charge in [-0.05, 0) is 74.6 Å². The maximum atomic E-state index is 12.3. The third-order valence-corrected chi connectivity index (χ3v) is 6.76. The van der Waals surface area contributed by atoms with Crippen LogP contribution in [0.4, 0.5) is 5.82 Å². The van der Waals surface area contributed by atoms with Gasteiger partial charge in [0.2, 0.25) is 0 Å². The standard InChI is InChI=1S/C26H31N3O2/c1-18-15-16-29-23(17-18)28-24(25(29)27-21-9-3-2-4-10-21)19-11-13-22(14-12-19)31-26(30)20-7-5-6-8-20/h11-17,20-21,27H,2-10H2,1H3. The van der Waals surface area contributed by atoms with Crippen LogP contribution in [0.1, 0.15) is 63.4 Å². The summed E-state index contributed by atoms with van der Waals surface area (Å²) in [4.78, 5) is 17.3. The number of fused-ring (bicyclic) bond motifs is 1. The number of benzene rings is 1. The lowest BCUT2D eigenvalue weighted by Crippen LogP contribution is -2.23. The molecule has 5 rings (SSSR count). The highest BCUT2D eigenvalue weighted by Gasteiger charge is 2.25. The molecule has 0 bridgehead atoms. The summed E-state index contributed by atoms with van der Waals surface area (Å²) in [5, 5.41) is 3.79. The fourth-order valence-electron chi connectivity index (χ4n) is 4.97. The lowest BCUT2D eigenvalue weighted by molar-refractivity contribution is -0.138. The number of ether oxygens (including phenoxy) is 1. The molecule has 2 heterocycles. The molecule has 0 unspecified atom stereocenters. The molecule has 3 aromatic rings. The first-order valence-electron chi connectivity index (χ1n) is 11.7. The van der Waals surface area contributed by atoms with Crippen molar-refractivity contribution in [1.29, 1.82) is 0 Å². The molecule has 0 amide bonds. The van der Waals surface area contributed by atoms with Crippen LogP contribution in [-0.2, 0) is 4.79 Å². The molecule has 0 spiro atoms. The number of aromatic nitrogens is 2. The molecule has 1 aromatic carbocycles. The number of imidazole rings is 1. The van der Waals surface area contributed by atoms with Crippen molar-refractivity contribution in [2.24, 2.45) is 5.92 Å². The molecule has 5 nitrogen and oxygen atoms in total. The Bertz CT molecular complexity index is 1060. The third kappa shape index (κ3) is 4.32. The van der Waals surface area contributed by atoms with E-state index >= 15 is 0 Å². The van der Waals surface area contributed by atoms with E-state index in [1.54, 1.807) is 0 Å². The highest BCUT2D eigenvalue weighted by Crippen LogP contribution is 2.33. The fraction of sp³-hybridized carbons (Fsp3) is 0.462. The van der Waals surface area contributed by atoms with E-state index < -0.39 is 0 Å². The minimum atomic E-state index is -0.0897. The van der Waals surface area contributed by atoms with E-state index in [9.17, 15) is 4.79 Å². The van der Waals surface area contributed by atoms with Gasteiger partial charge in [-0.3, -0.25) is 9.20 Å². The zero-order valence-corrected chi connectivity index (χ0v) is 18.3. The summed E-state index contributed by atoms with van der Waals surface area (Å²) in [6, 6.07) is 12.5. The van der Waals surface area contributed by atoms with E-state index in [2.05, 4.69) is 35.0 Å². The van der Waals surface area contributed by atoms with Crippen molar-refractivity contribution < 1.29 is 9.53 Å². The molecule has 162 valence electrons. The van der Waals surface area contributed by atoms with E-state index in [1.165, 1.54) is 37.7 Å². The molecule has 2 aliphatic rings. The molecule has 5 heteroatoms. The van der Waals surface area contributed by atoms with Gasteiger partial charge in [0, 0.05) is 17.8 Å². The second-order valence-corrected chi connectivity index (χ2v) is 9.15. The lowest BCUT2D eigenvalue weighted by atomic mass is 9.95. The van der Waals surface area contributed by atoms with Crippen molar-refractivity contribution in [3.8, 4) is 17.0 Å². The Labute approximate surface area is 183 Å². The van der Waals surface area contributed by atoms with Gasteiger partial charge >= 0.3 is 5.97 Å². The van der Waals surface area contributed by atoms with Gasteiger partial charge in [0.05, 0.1) is 5.92 Å². The van der Waals surface area contributed by atoms with Crippen LogP contribution in [0, 0.1) is 12.8 Å². The Morgan fingerprint density at radius 2 is 1.71 bits per heavy atom. The van der Waals surface area contributed by atoms with E-state index in [0.29, 0.717) is 11.8 Å². The maximum absolute atomic E-state index is 12.3. The number of nitrogens with one attached hydrogen (secondary N) is 1. The van der Waals surface area contributed by atoms with Crippen molar-refractivity contribution in [2.45, 2.75) is 70.8 Å². The topological polar surface area (TPSA) is 55.6 Å². The summed E-state index contributed by atoms with van der Waals surface area (Å²) in [5.41, 5.74) is 4.12. The predicted molar refractivity (Wildman–Crippen MR) is 123 cm³/mol. The Morgan fingerprint density at radius 1 is 1.00 bits per heavy atom. The summed E-state index contributed by atoms with van der Waals surface area (Å²) in [7, 11) is 0. The first-order chi connectivity index (χ1) is 15.2. The molecule has 0 aliphatic heterocycles. The molecular formula is C26H31N3O2. The first-order valence-corrected chi connectivity index (χ1v) is 11.7. The van der Waals surface area contributed by atoms with Gasteiger partial charge in [-0.1, -0.05) is 32.1 Å². The van der Waals surface area contributed by atoms with E-state index in [-0.39, 0.29) is 11.9 Å². The van der Waals surface area contributed by atoms with Gasteiger partial charge in [0.15, 0.2) is 0 Å². The van der Waals surface area contributed by atoms with Crippen LogP contribution < -0.4 is 10.1 Å². The molecule has 31 heavy (non-hydrogen) atoms. The van der Waals surface area contributed by atoms with Gasteiger partial charge in [0.1, 0.15) is 22.9 Å². The zero-order chi connectivity index (χ0) is 21.2. The minimum absolute atomic E-state index is 0.0626. The van der Waals surface area contributed by atoms with Crippen molar-refractivity contribution in [3.05, 3.63) is 48.2 Å². The molecule has 2 saturated carbocycles. The van der Waals surface area contributed by atoms with Gasteiger partial charge < -0.3 is 10.1 Å². The minimum Gasteiger partial charge on any atom is -0.426 e.